The molecular formula is C11H29CoN3S2Si-2. The van der Waals surface area contributed by atoms with Crippen molar-refractivity contribution in [2.24, 2.45) is 0 Å². The maximum Gasteiger partial charge on any atom is 0.0107 e. The van der Waals surface area contributed by atoms with Crippen LogP contribution >= 0.6 is 0 Å². The van der Waals surface area contributed by atoms with E-state index in [0.29, 0.717) is 0 Å². The van der Waals surface area contributed by atoms with Gasteiger partial charge in [0, 0.05) is 43.0 Å². The number of hydrogen-bond donors (Lipinski definition) is 0. The van der Waals surface area contributed by atoms with Crippen LogP contribution in [0, 0.1) is 0 Å². The summed E-state index contributed by atoms with van der Waals surface area (Å²) in [6.07, 6.45) is -1.44. The van der Waals surface area contributed by atoms with E-state index in [2.05, 4.69) is 49.9 Å². The van der Waals surface area contributed by atoms with Crippen LogP contribution in [0.25, 0.3) is 0 Å². The zero-order valence-corrected chi connectivity index (χ0v) is 16.5. The second-order valence-electron chi connectivity index (χ2n) is 5.31. The van der Waals surface area contributed by atoms with Crippen molar-refractivity contribution in [1.82, 2.24) is 14.7 Å². The Balaban J connectivity index is -0.000000321. The number of rotatable bonds is 6. The zero-order chi connectivity index (χ0) is 14.1. The first kappa shape index (κ1) is 24.3. The molecule has 18 heavy (non-hydrogen) atoms. The van der Waals surface area contributed by atoms with E-state index < -0.39 is 6.37 Å². The number of hydrogen-bond acceptors (Lipinski definition) is 5. The molecule has 0 unspecified atom stereocenters. The van der Waals surface area contributed by atoms with Gasteiger partial charge in [-0.05, 0) is 35.2 Å². The Hall–Kier alpha value is 1.30. The fourth-order valence-corrected chi connectivity index (χ4v) is 0.853. The molecule has 0 aromatic carbocycles. The van der Waals surface area contributed by atoms with Crippen LogP contribution in [0.1, 0.15) is 0 Å². The summed E-state index contributed by atoms with van der Waals surface area (Å²) in [5, 5.41) is 0. The van der Waals surface area contributed by atoms with Gasteiger partial charge in [0.15, 0.2) is 0 Å². The minimum Gasteiger partial charge on any atom is -0.817 e. The standard InChI is InChI=1S/C9H23N3.C2H6S2Si.Co/c1-10(2)6-8-12(5)9-7-11(3)4;1-5(2,3)4;/h6-9H2,1-5H3;1-2H3;/q;-2;. The van der Waals surface area contributed by atoms with Crippen LogP contribution < -0.4 is 0 Å². The summed E-state index contributed by atoms with van der Waals surface area (Å²) in [5.74, 6) is 0. The SMILES string of the molecule is CN(C)CCN(C)CCN(C)C.C[Si](C)([S-])[S-].[Co]. The second kappa shape index (κ2) is 13.3. The van der Waals surface area contributed by atoms with Gasteiger partial charge in [0.1, 0.15) is 0 Å². The van der Waals surface area contributed by atoms with Crippen LogP contribution in [-0.4, -0.2) is 82.5 Å². The van der Waals surface area contributed by atoms with Crippen molar-refractivity contribution in [2.45, 2.75) is 13.1 Å². The molecule has 7 heteroatoms. The van der Waals surface area contributed by atoms with Gasteiger partial charge < -0.3 is 38.9 Å². The molecule has 0 aliphatic carbocycles. The Morgan fingerprint density at radius 2 is 0.944 bits per heavy atom. The summed E-state index contributed by atoms with van der Waals surface area (Å²) in [6.45, 7) is 8.50. The van der Waals surface area contributed by atoms with Gasteiger partial charge in [-0.3, -0.25) is 0 Å². The third-order valence-corrected chi connectivity index (χ3v) is 1.86. The topological polar surface area (TPSA) is 9.72 Å². The van der Waals surface area contributed by atoms with Gasteiger partial charge in [-0.2, -0.15) is 0 Å². The van der Waals surface area contributed by atoms with Crippen molar-refractivity contribution in [1.29, 1.82) is 0 Å². The molecule has 3 nitrogen and oxygen atoms in total. The van der Waals surface area contributed by atoms with Crippen LogP contribution in [0.3, 0.4) is 0 Å². The van der Waals surface area contributed by atoms with E-state index in [-0.39, 0.29) is 16.8 Å². The van der Waals surface area contributed by atoms with Crippen LogP contribution in [0.2, 0.25) is 13.1 Å². The quantitative estimate of drug-likeness (QED) is 0.515. The van der Waals surface area contributed by atoms with Gasteiger partial charge in [0.05, 0.1) is 0 Å². The van der Waals surface area contributed by atoms with Crippen molar-refractivity contribution in [3.63, 3.8) is 0 Å². The van der Waals surface area contributed by atoms with Gasteiger partial charge in [0.25, 0.3) is 0 Å². The van der Waals surface area contributed by atoms with Crippen LogP contribution in [-0.2, 0) is 40.9 Å². The molecule has 0 aromatic heterocycles. The molecule has 0 saturated heterocycles. The summed E-state index contributed by atoms with van der Waals surface area (Å²) in [5.41, 5.74) is 0. The molecule has 0 saturated carbocycles. The van der Waals surface area contributed by atoms with Crippen molar-refractivity contribution in [3.8, 4) is 0 Å². The molecule has 0 rings (SSSR count). The molecule has 0 bridgehead atoms. The first-order valence-corrected chi connectivity index (χ1v) is 11.2. The molecule has 0 atom stereocenters. The maximum atomic E-state index is 4.78. The van der Waals surface area contributed by atoms with Crippen LogP contribution in [0.5, 0.6) is 0 Å². The molecule has 0 N–H and O–H groups in total. The van der Waals surface area contributed by atoms with Gasteiger partial charge in [-0.15, -0.1) is 13.1 Å². The fourth-order valence-electron chi connectivity index (χ4n) is 0.853. The van der Waals surface area contributed by atoms with Gasteiger partial charge in [-0.25, -0.2) is 6.37 Å². The third-order valence-electron chi connectivity index (χ3n) is 1.86. The molecule has 0 aliphatic heterocycles. The summed E-state index contributed by atoms with van der Waals surface area (Å²) in [4.78, 5) is 6.79. The van der Waals surface area contributed by atoms with Crippen LogP contribution in [0.4, 0.5) is 0 Å². The predicted molar refractivity (Wildman–Crippen MR) is 86.8 cm³/mol. The van der Waals surface area contributed by atoms with Gasteiger partial charge in [0.2, 0.25) is 0 Å². The number of nitrogens with zero attached hydrogens (tertiary/aromatic N) is 3. The Morgan fingerprint density at radius 3 is 1.11 bits per heavy atom. The van der Waals surface area contributed by atoms with E-state index in [0.717, 1.165) is 26.2 Å². The molecule has 1 radical (unpaired) electrons. The predicted octanol–water partition coefficient (Wildman–Crippen LogP) is 0.821. The molecule has 115 valence electrons. The fraction of sp³-hybridized carbons (Fsp3) is 1.00. The van der Waals surface area contributed by atoms with E-state index in [1.165, 1.54) is 0 Å². The third kappa shape index (κ3) is 36.0. The minimum atomic E-state index is -1.44. The monoisotopic (exact) mass is 354 g/mol. The first-order valence-electron chi connectivity index (χ1n) is 5.91. The largest absolute Gasteiger partial charge is 0.817 e. The van der Waals surface area contributed by atoms with E-state index in [1.807, 2.05) is 13.1 Å². The van der Waals surface area contributed by atoms with Crippen LogP contribution in [0.15, 0.2) is 0 Å². The van der Waals surface area contributed by atoms with E-state index >= 15 is 0 Å². The normalized spacial score (nSPS) is 11.3. The molecule has 0 fully saturated rings. The first-order chi connectivity index (χ1) is 7.52. The van der Waals surface area contributed by atoms with E-state index in [1.54, 1.807) is 0 Å². The van der Waals surface area contributed by atoms with E-state index in [9.17, 15) is 0 Å². The summed E-state index contributed by atoms with van der Waals surface area (Å²) < 4.78 is 0. The smallest absolute Gasteiger partial charge is 0.0107 e. The Labute approximate surface area is 136 Å². The molecule has 0 aliphatic rings. The van der Waals surface area contributed by atoms with Gasteiger partial charge >= 0.3 is 0 Å². The second-order valence-corrected chi connectivity index (χ2v) is 15.0. The molecule has 0 amide bonds. The summed E-state index contributed by atoms with van der Waals surface area (Å²) >= 11 is 9.56. The average Bonchev–Trinajstić information content (AvgIpc) is 2.08. The Bertz CT molecular complexity index is 160. The van der Waals surface area contributed by atoms with Crippen molar-refractivity contribution >= 4 is 30.5 Å². The van der Waals surface area contributed by atoms with Crippen molar-refractivity contribution in [3.05, 3.63) is 0 Å². The molecule has 0 spiro atoms. The molecule has 0 heterocycles. The van der Waals surface area contributed by atoms with Gasteiger partial charge in [-0.1, -0.05) is 0 Å². The Morgan fingerprint density at radius 1 is 0.722 bits per heavy atom. The maximum absolute atomic E-state index is 4.78. The number of likely N-dealkylation sites (N-methyl/N-ethyl adjacent to an activating group) is 3. The van der Waals surface area contributed by atoms with E-state index in [4.69, 9.17) is 24.2 Å². The minimum absolute atomic E-state index is 0. The zero-order valence-electron chi connectivity index (χ0n) is 12.8. The average molecular weight is 355 g/mol. The Kier molecular flexibility index (Phi) is 18.0. The molecule has 0 aromatic rings. The summed E-state index contributed by atoms with van der Waals surface area (Å²) in [6, 6.07) is 0. The van der Waals surface area contributed by atoms with Crippen molar-refractivity contribution in [2.75, 3.05) is 61.4 Å². The summed E-state index contributed by atoms with van der Waals surface area (Å²) in [7, 11) is 10.6. The molecular weight excluding hydrogens is 325 g/mol. The van der Waals surface area contributed by atoms with Crippen molar-refractivity contribution < 1.29 is 16.8 Å².